The van der Waals surface area contributed by atoms with Crippen molar-refractivity contribution in [3.8, 4) is 0 Å². The van der Waals surface area contributed by atoms with Crippen LogP contribution in [0.15, 0.2) is 29.1 Å². The second-order valence-corrected chi connectivity index (χ2v) is 9.40. The molecule has 7 nitrogen and oxygen atoms in total. The number of ether oxygens (including phenoxy) is 2. The Kier molecular flexibility index (Phi) is 9.71. The molecule has 0 aliphatic carbocycles. The van der Waals surface area contributed by atoms with Gasteiger partial charge in [-0.25, -0.2) is 14.4 Å². The van der Waals surface area contributed by atoms with Crippen LogP contribution in [0.25, 0.3) is 11.0 Å². The van der Waals surface area contributed by atoms with Gasteiger partial charge in [-0.2, -0.15) is 0 Å². The lowest BCUT2D eigenvalue weighted by Crippen LogP contribution is -2.34. The first kappa shape index (κ1) is 28.3. The van der Waals surface area contributed by atoms with E-state index in [0.29, 0.717) is 12.8 Å². The van der Waals surface area contributed by atoms with Gasteiger partial charge in [0.05, 0.1) is 44.2 Å². The topological polar surface area (TPSA) is 79.5 Å². The highest BCUT2D eigenvalue weighted by Gasteiger charge is 2.28. The summed E-state index contributed by atoms with van der Waals surface area (Å²) < 4.78 is 13.6. The van der Waals surface area contributed by atoms with Crippen LogP contribution in [0.1, 0.15) is 40.5 Å². The Bertz CT molecular complexity index is 1120. The van der Waals surface area contributed by atoms with E-state index >= 15 is 0 Å². The van der Waals surface area contributed by atoms with Crippen LogP contribution in [0.3, 0.4) is 0 Å². The second kappa shape index (κ2) is 11.7. The number of rotatable bonds is 10. The minimum Gasteiger partial charge on any atom is -0.457 e. The molecule has 0 saturated carbocycles. The van der Waals surface area contributed by atoms with Crippen molar-refractivity contribution in [2.75, 3.05) is 0 Å². The Morgan fingerprint density at radius 2 is 1.09 bits per heavy atom. The van der Waals surface area contributed by atoms with Crippen molar-refractivity contribution < 1.29 is 19.1 Å². The van der Waals surface area contributed by atoms with Gasteiger partial charge in [-0.3, -0.25) is 9.13 Å². The number of carbonyl (C=O) groups excluding carboxylic acids is 2. The number of aromatic nitrogens is 2. The normalized spacial score (nSPS) is 12.9. The Morgan fingerprint density at radius 1 is 0.765 bits per heavy atom. The summed E-state index contributed by atoms with van der Waals surface area (Å²) in [5.41, 5.74) is 0.421. The Balaban J connectivity index is 2.69. The molecule has 0 fully saturated rings. The molecule has 2 atom stereocenters. The van der Waals surface area contributed by atoms with Crippen LogP contribution in [0.2, 0.25) is 20.1 Å². The standard InChI is InChI=1S/C23H26Cl4N2O5/c1-7-13(33-21(30)11(3)4)9-28-19-17(26)15(24)16(25)18(27)20(19)29(23(28)32)10-14(8-2)34-22(31)12(5)6/h13-14H,3,5,7-10H2,1-2,4,6H3. The lowest BCUT2D eigenvalue weighted by molar-refractivity contribution is -0.145. The minimum absolute atomic E-state index is 0.0144. The molecule has 0 bridgehead atoms. The zero-order valence-corrected chi connectivity index (χ0v) is 22.4. The van der Waals surface area contributed by atoms with Crippen molar-refractivity contribution in [3.05, 3.63) is 54.9 Å². The molecule has 0 amide bonds. The van der Waals surface area contributed by atoms with Gasteiger partial charge in [-0.15, -0.1) is 0 Å². The van der Waals surface area contributed by atoms with Crippen molar-refractivity contribution >= 4 is 69.4 Å². The average molecular weight is 552 g/mol. The largest absolute Gasteiger partial charge is 0.457 e. The molecule has 11 heteroatoms. The number of hydrogen-bond acceptors (Lipinski definition) is 5. The van der Waals surface area contributed by atoms with Crippen LogP contribution in [-0.2, 0) is 32.2 Å². The molecule has 1 aromatic heterocycles. The van der Waals surface area contributed by atoms with E-state index in [1.54, 1.807) is 0 Å². The van der Waals surface area contributed by atoms with E-state index < -0.39 is 29.8 Å². The number of esters is 2. The molecule has 186 valence electrons. The third kappa shape index (κ3) is 5.82. The van der Waals surface area contributed by atoms with Crippen LogP contribution < -0.4 is 5.69 Å². The van der Waals surface area contributed by atoms with Crippen molar-refractivity contribution in [1.82, 2.24) is 9.13 Å². The van der Waals surface area contributed by atoms with Crippen LogP contribution >= 0.6 is 46.4 Å². The predicted molar refractivity (Wildman–Crippen MR) is 136 cm³/mol. The smallest absolute Gasteiger partial charge is 0.333 e. The first-order chi connectivity index (χ1) is 15.8. The summed E-state index contributed by atoms with van der Waals surface area (Å²) in [4.78, 5) is 37.7. The van der Waals surface area contributed by atoms with Crippen molar-refractivity contribution in [2.45, 2.75) is 65.8 Å². The fraction of sp³-hybridized carbons (Fsp3) is 0.435. The Labute approximate surface area is 217 Å². The zero-order chi connectivity index (χ0) is 25.9. The summed E-state index contributed by atoms with van der Waals surface area (Å²) in [6.45, 7) is 13.8. The fourth-order valence-corrected chi connectivity index (χ4v) is 4.22. The zero-order valence-electron chi connectivity index (χ0n) is 19.3. The van der Waals surface area contributed by atoms with E-state index in [2.05, 4.69) is 13.2 Å². The lowest BCUT2D eigenvalue weighted by Gasteiger charge is -2.17. The number of imidazole rings is 1. The number of carbonyl (C=O) groups is 2. The maximum absolute atomic E-state index is 13.6. The number of fused-ring (bicyclic) bond motifs is 1. The monoisotopic (exact) mass is 550 g/mol. The van der Waals surface area contributed by atoms with Gasteiger partial charge >= 0.3 is 17.6 Å². The van der Waals surface area contributed by atoms with Gasteiger partial charge in [0.1, 0.15) is 12.2 Å². The van der Waals surface area contributed by atoms with Gasteiger partial charge < -0.3 is 9.47 Å². The summed E-state index contributed by atoms with van der Waals surface area (Å²) in [6, 6.07) is 0. The SMILES string of the molecule is C=C(C)C(=O)OC(CC)Cn1c(=O)n(CC(CC)OC(=O)C(=C)C)c2c(Cl)c(Cl)c(Cl)c(Cl)c21. The summed E-state index contributed by atoms with van der Waals surface area (Å²) in [5, 5.41) is 0.0175. The van der Waals surface area contributed by atoms with Gasteiger partial charge in [0.15, 0.2) is 0 Å². The fourth-order valence-electron chi connectivity index (χ4n) is 3.19. The quantitative estimate of drug-likeness (QED) is 0.152. The first-order valence-corrected chi connectivity index (χ1v) is 12.0. The van der Waals surface area contributed by atoms with Crippen molar-refractivity contribution in [2.24, 2.45) is 0 Å². The third-order valence-corrected chi connectivity index (χ3v) is 6.93. The average Bonchev–Trinajstić information content (AvgIpc) is 3.06. The van der Waals surface area contributed by atoms with Gasteiger partial charge in [0.25, 0.3) is 0 Å². The van der Waals surface area contributed by atoms with E-state index in [1.807, 2.05) is 13.8 Å². The molecular weight excluding hydrogens is 526 g/mol. The molecule has 0 spiro atoms. The van der Waals surface area contributed by atoms with Gasteiger partial charge in [0.2, 0.25) is 0 Å². The number of nitrogens with zero attached hydrogens (tertiary/aromatic N) is 2. The maximum Gasteiger partial charge on any atom is 0.333 e. The molecule has 1 heterocycles. The lowest BCUT2D eigenvalue weighted by atomic mass is 10.2. The predicted octanol–water partition coefficient (Wildman–Crippen LogP) is 6.21. The second-order valence-electron chi connectivity index (χ2n) is 7.89. The van der Waals surface area contributed by atoms with Crippen molar-refractivity contribution in [3.63, 3.8) is 0 Å². The Morgan fingerprint density at radius 3 is 1.35 bits per heavy atom. The van der Waals surface area contributed by atoms with Crippen LogP contribution in [-0.4, -0.2) is 33.3 Å². The Hall–Kier alpha value is -1.93. The number of halogens is 4. The maximum atomic E-state index is 13.6. The highest BCUT2D eigenvalue weighted by molar-refractivity contribution is 6.55. The van der Waals surface area contributed by atoms with Gasteiger partial charge in [-0.05, 0) is 26.7 Å². The van der Waals surface area contributed by atoms with E-state index in [0.717, 1.165) is 0 Å². The molecular formula is C23H26Cl4N2O5. The van der Waals surface area contributed by atoms with Crippen molar-refractivity contribution in [1.29, 1.82) is 0 Å². The molecule has 0 N–H and O–H groups in total. The molecule has 0 aliphatic heterocycles. The summed E-state index contributed by atoms with van der Waals surface area (Å²) >= 11 is 25.6. The van der Waals surface area contributed by atoms with E-state index in [1.165, 1.54) is 23.0 Å². The summed E-state index contributed by atoms with van der Waals surface area (Å²) in [6.07, 6.45) is -0.487. The van der Waals surface area contributed by atoms with E-state index in [9.17, 15) is 14.4 Å². The molecule has 2 rings (SSSR count). The highest BCUT2D eigenvalue weighted by Crippen LogP contribution is 2.43. The summed E-state index contributed by atoms with van der Waals surface area (Å²) in [5.74, 6) is -1.15. The van der Waals surface area contributed by atoms with Crippen LogP contribution in [0, 0.1) is 0 Å². The van der Waals surface area contributed by atoms with Gasteiger partial charge in [0, 0.05) is 11.1 Å². The van der Waals surface area contributed by atoms with E-state index in [4.69, 9.17) is 55.9 Å². The minimum atomic E-state index is -0.659. The van der Waals surface area contributed by atoms with Crippen LogP contribution in [0.4, 0.5) is 0 Å². The third-order valence-electron chi connectivity index (χ3n) is 5.15. The molecule has 0 aliphatic rings. The van der Waals surface area contributed by atoms with Crippen LogP contribution in [0.5, 0.6) is 0 Å². The van der Waals surface area contributed by atoms with E-state index in [-0.39, 0.29) is 55.4 Å². The summed E-state index contributed by atoms with van der Waals surface area (Å²) in [7, 11) is 0. The highest BCUT2D eigenvalue weighted by atomic mass is 35.5. The first-order valence-electron chi connectivity index (χ1n) is 10.5. The molecule has 0 saturated heterocycles. The molecule has 34 heavy (non-hydrogen) atoms. The number of hydrogen-bond donors (Lipinski definition) is 0. The molecule has 2 unspecified atom stereocenters. The molecule has 2 aromatic rings. The number of benzene rings is 1. The van der Waals surface area contributed by atoms with Gasteiger partial charge in [-0.1, -0.05) is 73.4 Å². The molecule has 0 radical (unpaired) electrons. The molecule has 1 aromatic carbocycles.